The van der Waals surface area contributed by atoms with Gasteiger partial charge in [0.25, 0.3) is 0 Å². The van der Waals surface area contributed by atoms with E-state index in [-0.39, 0.29) is 19.1 Å². The van der Waals surface area contributed by atoms with E-state index in [0.29, 0.717) is 13.0 Å². The van der Waals surface area contributed by atoms with Crippen molar-refractivity contribution in [2.24, 2.45) is 5.92 Å². The maximum atomic E-state index is 12.1. The van der Waals surface area contributed by atoms with Crippen LogP contribution >= 0.6 is 0 Å². The van der Waals surface area contributed by atoms with Crippen LogP contribution in [-0.4, -0.2) is 49.7 Å². The molecule has 6 heteroatoms. The molecule has 1 fully saturated rings. The Balaban J connectivity index is 2.63. The lowest BCUT2D eigenvalue weighted by molar-refractivity contribution is -0.163. The van der Waals surface area contributed by atoms with Crippen molar-refractivity contribution in [1.29, 1.82) is 5.26 Å². The molecule has 2 unspecified atom stereocenters. The number of rotatable bonds is 4. The van der Waals surface area contributed by atoms with Gasteiger partial charge >= 0.3 is 5.97 Å². The van der Waals surface area contributed by atoms with Gasteiger partial charge in [0.05, 0.1) is 26.3 Å². The molecule has 1 amide bonds. The number of morpholine rings is 1. The summed E-state index contributed by atoms with van der Waals surface area (Å²) in [6.45, 7) is 2.78. The molecule has 1 saturated heterocycles. The molecule has 1 rings (SSSR count). The summed E-state index contributed by atoms with van der Waals surface area (Å²) in [5, 5.41) is 8.96. The van der Waals surface area contributed by atoms with Gasteiger partial charge < -0.3 is 14.4 Å². The van der Waals surface area contributed by atoms with Crippen molar-refractivity contribution in [3.05, 3.63) is 0 Å². The largest absolute Gasteiger partial charge is 0.467 e. The molecule has 1 aliphatic heterocycles. The van der Waals surface area contributed by atoms with Crippen molar-refractivity contribution >= 4 is 11.9 Å². The number of amides is 1. The summed E-state index contributed by atoms with van der Waals surface area (Å²) < 4.78 is 9.82. The molecule has 100 valence electrons. The fourth-order valence-corrected chi connectivity index (χ4v) is 1.88. The number of ether oxygens (including phenoxy) is 2. The van der Waals surface area contributed by atoms with Gasteiger partial charge in [-0.2, -0.15) is 5.26 Å². The van der Waals surface area contributed by atoms with Crippen LogP contribution in [0.25, 0.3) is 0 Å². The minimum Gasteiger partial charge on any atom is -0.467 e. The van der Waals surface area contributed by atoms with Gasteiger partial charge in [-0.25, -0.2) is 4.79 Å². The topological polar surface area (TPSA) is 79.6 Å². The van der Waals surface area contributed by atoms with Crippen molar-refractivity contribution in [2.75, 3.05) is 26.8 Å². The lowest BCUT2D eigenvalue weighted by Gasteiger charge is -2.32. The quantitative estimate of drug-likeness (QED) is 0.675. The third-order valence-electron chi connectivity index (χ3n) is 2.87. The third kappa shape index (κ3) is 3.44. The van der Waals surface area contributed by atoms with Gasteiger partial charge in [-0.05, 0) is 6.42 Å². The highest BCUT2D eigenvalue weighted by atomic mass is 16.6. The highest BCUT2D eigenvalue weighted by Gasteiger charge is 2.32. The Bertz CT molecular complexity index is 350. The molecule has 6 nitrogen and oxygen atoms in total. The summed E-state index contributed by atoms with van der Waals surface area (Å²) in [7, 11) is 1.28. The van der Waals surface area contributed by atoms with Crippen LogP contribution in [0.3, 0.4) is 0 Å². The van der Waals surface area contributed by atoms with Gasteiger partial charge in [-0.15, -0.1) is 0 Å². The molecule has 18 heavy (non-hydrogen) atoms. The predicted molar refractivity (Wildman–Crippen MR) is 62.3 cm³/mol. The maximum absolute atomic E-state index is 12.1. The number of hydrogen-bond acceptors (Lipinski definition) is 5. The fraction of sp³-hybridized carbons (Fsp3) is 0.750. The first-order chi connectivity index (χ1) is 8.63. The van der Waals surface area contributed by atoms with Gasteiger partial charge in [-0.3, -0.25) is 4.79 Å². The van der Waals surface area contributed by atoms with Gasteiger partial charge in [0, 0.05) is 6.54 Å². The molecule has 1 heterocycles. The number of carbonyl (C=O) groups is 2. The van der Waals surface area contributed by atoms with Crippen LogP contribution in [0, 0.1) is 17.2 Å². The molecule has 0 aromatic carbocycles. The molecule has 2 atom stereocenters. The minimum atomic E-state index is -0.742. The highest BCUT2D eigenvalue weighted by Crippen LogP contribution is 2.14. The average molecular weight is 254 g/mol. The molecule has 0 saturated carbocycles. The second kappa shape index (κ2) is 6.97. The molecule has 0 aromatic rings. The number of nitriles is 1. The Morgan fingerprint density at radius 2 is 2.33 bits per heavy atom. The number of nitrogens with zero attached hydrogens (tertiary/aromatic N) is 2. The Morgan fingerprint density at radius 1 is 1.61 bits per heavy atom. The molecule has 0 aliphatic carbocycles. The highest BCUT2D eigenvalue weighted by molar-refractivity contribution is 5.82. The molecule has 0 aromatic heterocycles. The van der Waals surface area contributed by atoms with Gasteiger partial charge in [-0.1, -0.05) is 13.3 Å². The molecule has 0 spiro atoms. The van der Waals surface area contributed by atoms with E-state index in [4.69, 9.17) is 10.00 Å². The molecule has 0 N–H and O–H groups in total. The lowest BCUT2D eigenvalue weighted by atomic mass is 10.0. The average Bonchev–Trinajstić information content (AvgIpc) is 2.43. The Hall–Kier alpha value is -1.61. The van der Waals surface area contributed by atoms with E-state index in [9.17, 15) is 9.59 Å². The lowest BCUT2D eigenvalue weighted by Crippen LogP contribution is -2.50. The first kappa shape index (κ1) is 14.5. The molecule has 0 radical (unpaired) electrons. The minimum absolute atomic E-state index is 0.160. The van der Waals surface area contributed by atoms with Gasteiger partial charge in [0.1, 0.15) is 5.92 Å². The zero-order valence-electron chi connectivity index (χ0n) is 10.7. The third-order valence-corrected chi connectivity index (χ3v) is 2.87. The van der Waals surface area contributed by atoms with Crippen molar-refractivity contribution < 1.29 is 19.1 Å². The molecular formula is C12H18N2O4. The normalized spacial score (nSPS) is 20.9. The van der Waals surface area contributed by atoms with E-state index in [0.717, 1.165) is 6.42 Å². The first-order valence-electron chi connectivity index (χ1n) is 6.01. The van der Waals surface area contributed by atoms with Gasteiger partial charge in [0.2, 0.25) is 5.91 Å². The zero-order chi connectivity index (χ0) is 13.5. The monoisotopic (exact) mass is 254 g/mol. The van der Waals surface area contributed by atoms with Crippen molar-refractivity contribution in [3.63, 3.8) is 0 Å². The standard InChI is InChI=1S/C12H18N2O4/c1-3-4-9(7-13)11(15)14-5-6-18-10(8-14)12(16)17-2/h9-10H,3-6,8H2,1-2H3. The zero-order valence-corrected chi connectivity index (χ0v) is 10.7. The second-order valence-corrected chi connectivity index (χ2v) is 4.14. The predicted octanol–water partition coefficient (Wildman–Crippen LogP) is 0.327. The summed E-state index contributed by atoms with van der Waals surface area (Å²) >= 11 is 0. The van der Waals surface area contributed by atoms with Crippen molar-refractivity contribution in [2.45, 2.75) is 25.9 Å². The summed E-state index contributed by atoms with van der Waals surface area (Å²) in [4.78, 5) is 24.9. The van der Waals surface area contributed by atoms with E-state index in [1.165, 1.54) is 12.0 Å². The summed E-state index contributed by atoms with van der Waals surface area (Å²) in [6, 6.07) is 2.01. The Morgan fingerprint density at radius 3 is 2.89 bits per heavy atom. The van der Waals surface area contributed by atoms with Crippen LogP contribution in [0.5, 0.6) is 0 Å². The second-order valence-electron chi connectivity index (χ2n) is 4.14. The Kier molecular flexibility index (Phi) is 5.59. The number of methoxy groups -OCH3 is 1. The van der Waals surface area contributed by atoms with Crippen molar-refractivity contribution in [1.82, 2.24) is 4.90 Å². The van der Waals surface area contributed by atoms with E-state index in [2.05, 4.69) is 4.74 Å². The van der Waals surface area contributed by atoms with E-state index in [1.807, 2.05) is 13.0 Å². The van der Waals surface area contributed by atoms with Crippen LogP contribution in [0.2, 0.25) is 0 Å². The van der Waals surface area contributed by atoms with E-state index >= 15 is 0 Å². The molecule has 0 bridgehead atoms. The number of carbonyl (C=O) groups excluding carboxylic acids is 2. The van der Waals surface area contributed by atoms with Crippen LogP contribution in [0.4, 0.5) is 0 Å². The molecular weight excluding hydrogens is 236 g/mol. The summed E-state index contributed by atoms with van der Waals surface area (Å²) in [6.07, 6.45) is 0.568. The number of esters is 1. The Labute approximate surface area is 106 Å². The van der Waals surface area contributed by atoms with Crippen LogP contribution in [0.15, 0.2) is 0 Å². The van der Waals surface area contributed by atoms with E-state index < -0.39 is 18.0 Å². The SMILES string of the molecule is CCCC(C#N)C(=O)N1CCOC(C(=O)OC)C1. The van der Waals surface area contributed by atoms with Crippen LogP contribution in [0.1, 0.15) is 19.8 Å². The summed E-state index contributed by atoms with van der Waals surface area (Å²) in [5.41, 5.74) is 0. The fourth-order valence-electron chi connectivity index (χ4n) is 1.88. The first-order valence-corrected chi connectivity index (χ1v) is 6.01. The molecule has 1 aliphatic rings. The van der Waals surface area contributed by atoms with Crippen molar-refractivity contribution in [3.8, 4) is 6.07 Å². The van der Waals surface area contributed by atoms with Crippen LogP contribution in [-0.2, 0) is 19.1 Å². The maximum Gasteiger partial charge on any atom is 0.336 e. The van der Waals surface area contributed by atoms with Crippen LogP contribution < -0.4 is 0 Å². The summed E-state index contributed by atoms with van der Waals surface area (Å²) in [5.74, 6) is -1.35. The van der Waals surface area contributed by atoms with Gasteiger partial charge in [0.15, 0.2) is 6.10 Å². The van der Waals surface area contributed by atoms with E-state index in [1.54, 1.807) is 0 Å². The smallest absolute Gasteiger partial charge is 0.336 e. The number of hydrogen-bond donors (Lipinski definition) is 0.